The van der Waals surface area contributed by atoms with Gasteiger partial charge in [0.2, 0.25) is 0 Å². The van der Waals surface area contributed by atoms with E-state index in [0.717, 1.165) is 43.7 Å². The van der Waals surface area contributed by atoms with Crippen molar-refractivity contribution >= 4 is 0 Å². The summed E-state index contributed by atoms with van der Waals surface area (Å²) in [7, 11) is 2.16. The summed E-state index contributed by atoms with van der Waals surface area (Å²) in [4.78, 5) is 26.1. The molecule has 6 nitrogen and oxygen atoms in total. The third-order valence-corrected chi connectivity index (χ3v) is 5.16. The molecule has 0 saturated carbocycles. The highest BCUT2D eigenvalue weighted by molar-refractivity contribution is 5.63. The molecular weight excluding hydrogens is 352 g/mol. The summed E-state index contributed by atoms with van der Waals surface area (Å²) >= 11 is 0. The van der Waals surface area contributed by atoms with Crippen molar-refractivity contribution in [2.45, 2.75) is 25.4 Å². The van der Waals surface area contributed by atoms with Gasteiger partial charge in [0.25, 0.3) is 5.56 Å². The highest BCUT2D eigenvalue weighted by Gasteiger charge is 2.18. The Kier molecular flexibility index (Phi) is 5.60. The summed E-state index contributed by atoms with van der Waals surface area (Å²) in [5, 5.41) is 0. The van der Waals surface area contributed by atoms with Crippen molar-refractivity contribution in [1.82, 2.24) is 19.9 Å². The maximum atomic E-state index is 12.2. The van der Waals surface area contributed by atoms with Crippen LogP contribution in [0.25, 0.3) is 22.6 Å². The van der Waals surface area contributed by atoms with Gasteiger partial charge in [0.15, 0.2) is 0 Å². The van der Waals surface area contributed by atoms with Crippen LogP contribution in [0.3, 0.4) is 0 Å². The maximum Gasteiger partial charge on any atom is 0.251 e. The smallest absolute Gasteiger partial charge is 0.251 e. The molecule has 1 saturated heterocycles. The number of aromatic amines is 1. The predicted octanol–water partition coefficient (Wildman–Crippen LogP) is 3.11. The number of nitrogens with one attached hydrogen (secondary N) is 1. The van der Waals surface area contributed by atoms with Gasteiger partial charge >= 0.3 is 0 Å². The Morgan fingerprint density at radius 3 is 2.68 bits per heavy atom. The van der Waals surface area contributed by atoms with E-state index in [-0.39, 0.29) is 5.56 Å². The van der Waals surface area contributed by atoms with E-state index in [1.165, 1.54) is 11.6 Å². The fourth-order valence-electron chi connectivity index (χ4n) is 3.62. The van der Waals surface area contributed by atoms with Crippen LogP contribution in [0.2, 0.25) is 0 Å². The van der Waals surface area contributed by atoms with E-state index in [1.54, 1.807) is 12.4 Å². The van der Waals surface area contributed by atoms with Gasteiger partial charge in [-0.2, -0.15) is 0 Å². The lowest BCUT2D eigenvalue weighted by molar-refractivity contribution is 0.0407. The highest BCUT2D eigenvalue weighted by atomic mass is 16.5. The van der Waals surface area contributed by atoms with Gasteiger partial charge in [-0.3, -0.25) is 14.7 Å². The summed E-state index contributed by atoms with van der Waals surface area (Å²) in [6, 6.07) is 14.0. The molecule has 0 radical (unpaired) electrons. The number of aromatic nitrogens is 3. The molecule has 6 heteroatoms. The Morgan fingerprint density at radius 2 is 1.89 bits per heavy atom. The molecule has 144 valence electrons. The quantitative estimate of drug-likeness (QED) is 0.741. The molecule has 1 aromatic carbocycles. The minimum Gasteiger partial charge on any atom is -0.381 e. The van der Waals surface area contributed by atoms with Gasteiger partial charge in [-0.1, -0.05) is 18.2 Å². The van der Waals surface area contributed by atoms with E-state index in [2.05, 4.69) is 39.0 Å². The molecule has 4 rings (SSSR count). The first-order valence-corrected chi connectivity index (χ1v) is 9.58. The number of rotatable bonds is 5. The zero-order valence-corrected chi connectivity index (χ0v) is 16.0. The predicted molar refractivity (Wildman–Crippen MR) is 109 cm³/mol. The Bertz CT molecular complexity index is 981. The molecule has 1 aliphatic heterocycles. The summed E-state index contributed by atoms with van der Waals surface area (Å²) in [6.07, 6.45) is 5.54. The van der Waals surface area contributed by atoms with Crippen LogP contribution < -0.4 is 5.56 Å². The minimum absolute atomic E-state index is 0.165. The molecular formula is C22H24N4O2. The molecule has 1 fully saturated rings. The molecule has 0 bridgehead atoms. The second-order valence-corrected chi connectivity index (χ2v) is 7.17. The standard InChI is InChI=1S/C22H24N4O2/c1-26(19-7-11-28-12-8-19)15-16-3-2-4-18(13-16)22-24-20(14-21(27)25-22)17-5-9-23-10-6-17/h2-6,9-10,13-14,19H,7-8,11-12,15H2,1H3,(H,24,25,27). The number of hydrogen-bond donors (Lipinski definition) is 1. The molecule has 0 unspecified atom stereocenters. The number of H-pyrrole nitrogens is 1. The molecule has 0 atom stereocenters. The van der Waals surface area contributed by atoms with Crippen molar-refractivity contribution in [3.63, 3.8) is 0 Å². The minimum atomic E-state index is -0.165. The number of benzene rings is 1. The van der Waals surface area contributed by atoms with Crippen LogP contribution >= 0.6 is 0 Å². The summed E-state index contributed by atoms with van der Waals surface area (Å²) in [5.74, 6) is 0.579. The molecule has 1 N–H and O–H groups in total. The second-order valence-electron chi connectivity index (χ2n) is 7.17. The van der Waals surface area contributed by atoms with E-state index >= 15 is 0 Å². The molecule has 1 aliphatic rings. The van der Waals surface area contributed by atoms with E-state index in [0.29, 0.717) is 17.6 Å². The Hall–Kier alpha value is -2.83. The fourth-order valence-corrected chi connectivity index (χ4v) is 3.62. The van der Waals surface area contributed by atoms with Gasteiger partial charge in [0, 0.05) is 55.4 Å². The summed E-state index contributed by atoms with van der Waals surface area (Å²) in [6.45, 7) is 2.52. The van der Waals surface area contributed by atoms with Crippen LogP contribution in [-0.4, -0.2) is 46.2 Å². The van der Waals surface area contributed by atoms with Crippen molar-refractivity contribution in [2.75, 3.05) is 20.3 Å². The van der Waals surface area contributed by atoms with Crippen molar-refractivity contribution in [1.29, 1.82) is 0 Å². The van der Waals surface area contributed by atoms with Gasteiger partial charge in [-0.05, 0) is 43.7 Å². The lowest BCUT2D eigenvalue weighted by Crippen LogP contribution is -2.36. The largest absolute Gasteiger partial charge is 0.381 e. The Labute approximate surface area is 164 Å². The zero-order valence-electron chi connectivity index (χ0n) is 16.0. The lowest BCUT2D eigenvalue weighted by atomic mass is 10.1. The normalized spacial score (nSPS) is 15.1. The van der Waals surface area contributed by atoms with Crippen LogP contribution in [0.1, 0.15) is 18.4 Å². The number of pyridine rings is 1. The first kappa shape index (κ1) is 18.5. The number of hydrogen-bond acceptors (Lipinski definition) is 5. The van der Waals surface area contributed by atoms with Gasteiger partial charge in [-0.25, -0.2) is 4.98 Å². The van der Waals surface area contributed by atoms with Gasteiger partial charge in [-0.15, -0.1) is 0 Å². The SMILES string of the molecule is CN(Cc1cccc(-c2nc(-c3ccncc3)cc(=O)[nH]2)c1)C1CCOCC1. The van der Waals surface area contributed by atoms with E-state index in [4.69, 9.17) is 4.74 Å². The van der Waals surface area contributed by atoms with Crippen molar-refractivity contribution in [3.05, 3.63) is 70.8 Å². The molecule has 0 spiro atoms. The van der Waals surface area contributed by atoms with Gasteiger partial charge in [0.1, 0.15) is 5.82 Å². The van der Waals surface area contributed by atoms with Crippen LogP contribution in [0, 0.1) is 0 Å². The van der Waals surface area contributed by atoms with Crippen LogP contribution in [0.4, 0.5) is 0 Å². The third-order valence-electron chi connectivity index (χ3n) is 5.16. The first-order chi connectivity index (χ1) is 13.7. The maximum absolute atomic E-state index is 12.2. The molecule has 0 amide bonds. The molecule has 3 aromatic rings. The molecule has 2 aromatic heterocycles. The van der Waals surface area contributed by atoms with Crippen molar-refractivity contribution < 1.29 is 4.74 Å². The summed E-state index contributed by atoms with van der Waals surface area (Å²) in [5.41, 5.74) is 3.46. The number of ether oxygens (including phenoxy) is 1. The van der Waals surface area contributed by atoms with E-state index in [9.17, 15) is 4.79 Å². The average Bonchev–Trinajstić information content (AvgIpc) is 2.75. The molecule has 0 aliphatic carbocycles. The topological polar surface area (TPSA) is 71.1 Å². The third kappa shape index (κ3) is 4.35. The van der Waals surface area contributed by atoms with Crippen molar-refractivity contribution in [2.24, 2.45) is 0 Å². The van der Waals surface area contributed by atoms with Crippen LogP contribution in [0.15, 0.2) is 59.7 Å². The van der Waals surface area contributed by atoms with Crippen LogP contribution in [0.5, 0.6) is 0 Å². The molecule has 28 heavy (non-hydrogen) atoms. The van der Waals surface area contributed by atoms with Crippen LogP contribution in [-0.2, 0) is 11.3 Å². The Balaban J connectivity index is 1.59. The summed E-state index contributed by atoms with van der Waals surface area (Å²) < 4.78 is 5.46. The van der Waals surface area contributed by atoms with Gasteiger partial charge < -0.3 is 9.72 Å². The number of nitrogens with zero attached hydrogens (tertiary/aromatic N) is 3. The van der Waals surface area contributed by atoms with Crippen molar-refractivity contribution in [3.8, 4) is 22.6 Å². The molecule has 3 heterocycles. The second kappa shape index (κ2) is 8.46. The zero-order chi connectivity index (χ0) is 19.3. The highest BCUT2D eigenvalue weighted by Crippen LogP contribution is 2.21. The first-order valence-electron chi connectivity index (χ1n) is 9.58. The lowest BCUT2D eigenvalue weighted by Gasteiger charge is -2.31. The fraction of sp³-hybridized carbons (Fsp3) is 0.318. The Morgan fingerprint density at radius 1 is 1.11 bits per heavy atom. The monoisotopic (exact) mass is 376 g/mol. The van der Waals surface area contributed by atoms with E-state index in [1.807, 2.05) is 24.3 Å². The average molecular weight is 376 g/mol. The van der Waals surface area contributed by atoms with Gasteiger partial charge in [0.05, 0.1) is 5.69 Å². The van der Waals surface area contributed by atoms with E-state index < -0.39 is 0 Å².